The van der Waals surface area contributed by atoms with Gasteiger partial charge in [0, 0.05) is 0 Å². The highest BCUT2D eigenvalue weighted by Crippen LogP contribution is 2.49. The van der Waals surface area contributed by atoms with Crippen LogP contribution in [0.15, 0.2) is 95.9 Å². The molecule has 1 fully saturated rings. The van der Waals surface area contributed by atoms with Crippen LogP contribution < -0.4 is 0 Å². The smallest absolute Gasteiger partial charge is 0.208 e. The van der Waals surface area contributed by atoms with Crippen molar-refractivity contribution in [2.45, 2.75) is 41.6 Å². The molecule has 0 bridgehead atoms. The van der Waals surface area contributed by atoms with Gasteiger partial charge in [0.1, 0.15) is 5.60 Å². The Kier molecular flexibility index (Phi) is 5.33. The van der Waals surface area contributed by atoms with Crippen LogP contribution in [0.4, 0.5) is 0 Å². The Balaban J connectivity index is 1.54. The molecule has 1 aliphatic rings. The van der Waals surface area contributed by atoms with E-state index in [-0.39, 0.29) is 0 Å². The van der Waals surface area contributed by atoms with Gasteiger partial charge in [0.15, 0.2) is 5.44 Å². The minimum atomic E-state index is -3.50. The predicted octanol–water partition coefficient (Wildman–Crippen LogP) is 4.82. The Morgan fingerprint density at radius 3 is 1.57 bits per heavy atom. The van der Waals surface area contributed by atoms with Gasteiger partial charge >= 0.3 is 0 Å². The van der Waals surface area contributed by atoms with Crippen LogP contribution in [0.25, 0.3) is 0 Å². The van der Waals surface area contributed by atoms with E-state index < -0.39 is 20.9 Å². The number of hydrogen-bond donors (Lipinski definition) is 0. The minimum absolute atomic E-state index is 0.335. The van der Waals surface area contributed by atoms with E-state index in [4.69, 9.17) is 4.74 Å². The molecule has 0 N–H and O–H groups in total. The molecule has 1 aliphatic heterocycles. The molecule has 1 saturated heterocycles. The predicted molar refractivity (Wildman–Crippen MR) is 111 cm³/mol. The van der Waals surface area contributed by atoms with Crippen LogP contribution in [0.3, 0.4) is 0 Å². The molecule has 3 aromatic rings. The van der Waals surface area contributed by atoms with Crippen molar-refractivity contribution in [3.05, 3.63) is 102 Å². The van der Waals surface area contributed by atoms with E-state index in [1.165, 1.54) is 11.1 Å². The van der Waals surface area contributed by atoms with Crippen molar-refractivity contribution in [3.63, 3.8) is 0 Å². The number of hydrogen-bond acceptors (Lipinski definition) is 3. The SMILES string of the molecule is O=S(=O)(c1ccccc1)C1OC1(CCc1ccccc1)CCc1ccccc1. The molecule has 0 amide bonds. The standard InChI is InChI=1S/C24H24O3S/c25-28(26,22-14-8-3-9-15-22)23-24(27-23,18-16-20-10-4-1-5-11-20)19-17-21-12-6-2-7-13-21/h1-15,23H,16-19H2. The Morgan fingerprint density at radius 2 is 1.11 bits per heavy atom. The monoisotopic (exact) mass is 392 g/mol. The summed E-state index contributed by atoms with van der Waals surface area (Å²) in [6.45, 7) is 0. The van der Waals surface area contributed by atoms with Gasteiger partial charge in [-0.2, -0.15) is 0 Å². The van der Waals surface area contributed by atoms with Crippen molar-refractivity contribution in [3.8, 4) is 0 Å². The normalized spacial score (nSPS) is 17.9. The van der Waals surface area contributed by atoms with E-state index in [9.17, 15) is 8.42 Å². The summed E-state index contributed by atoms with van der Waals surface area (Å²) < 4.78 is 32.2. The first-order valence-electron chi connectivity index (χ1n) is 9.65. The molecule has 1 atom stereocenters. The van der Waals surface area contributed by atoms with Crippen molar-refractivity contribution in [1.29, 1.82) is 0 Å². The molecule has 28 heavy (non-hydrogen) atoms. The van der Waals surface area contributed by atoms with Crippen LogP contribution >= 0.6 is 0 Å². The van der Waals surface area contributed by atoms with Gasteiger partial charge in [-0.1, -0.05) is 78.9 Å². The molecule has 0 aromatic heterocycles. The summed E-state index contributed by atoms with van der Waals surface area (Å²) in [5, 5.41) is 0. The Hall–Kier alpha value is -2.43. The van der Waals surface area contributed by atoms with E-state index in [2.05, 4.69) is 24.3 Å². The molecule has 3 nitrogen and oxygen atoms in total. The summed E-state index contributed by atoms with van der Waals surface area (Å²) in [5.41, 5.74) is 1.01. The summed E-state index contributed by atoms with van der Waals surface area (Å²) >= 11 is 0. The lowest BCUT2D eigenvalue weighted by atomic mass is 9.93. The first-order valence-corrected chi connectivity index (χ1v) is 11.2. The molecule has 3 aromatic carbocycles. The minimum Gasteiger partial charge on any atom is -0.348 e. The maximum absolute atomic E-state index is 13.1. The Labute approximate surface area is 166 Å². The number of aryl methyl sites for hydroxylation is 2. The van der Waals surface area contributed by atoms with Gasteiger partial charge in [0.2, 0.25) is 9.84 Å². The van der Waals surface area contributed by atoms with Gasteiger partial charge in [-0.15, -0.1) is 0 Å². The Bertz CT molecular complexity index is 956. The zero-order chi connectivity index (χ0) is 19.5. The van der Waals surface area contributed by atoms with E-state index in [1.54, 1.807) is 24.3 Å². The molecular weight excluding hydrogens is 368 g/mol. The van der Waals surface area contributed by atoms with Crippen molar-refractivity contribution in [2.24, 2.45) is 0 Å². The van der Waals surface area contributed by atoms with Crippen LogP contribution in [0.5, 0.6) is 0 Å². The molecule has 144 valence electrons. The first kappa shape index (κ1) is 18.9. The number of sulfone groups is 1. The van der Waals surface area contributed by atoms with Gasteiger partial charge in [0.25, 0.3) is 0 Å². The lowest BCUT2D eigenvalue weighted by Crippen LogP contribution is -2.23. The highest BCUT2D eigenvalue weighted by molar-refractivity contribution is 7.92. The summed E-state index contributed by atoms with van der Waals surface area (Å²) in [6.07, 6.45) is 2.99. The highest BCUT2D eigenvalue weighted by Gasteiger charge is 2.62. The molecule has 1 heterocycles. The second-order valence-electron chi connectivity index (χ2n) is 7.34. The average molecular weight is 393 g/mol. The van der Waals surface area contributed by atoms with Crippen molar-refractivity contribution in [1.82, 2.24) is 0 Å². The van der Waals surface area contributed by atoms with Crippen molar-refractivity contribution in [2.75, 3.05) is 0 Å². The molecule has 4 rings (SSSR count). The fourth-order valence-corrected chi connectivity index (χ4v) is 5.64. The van der Waals surface area contributed by atoms with E-state index >= 15 is 0 Å². The van der Waals surface area contributed by atoms with Gasteiger partial charge in [-0.25, -0.2) is 8.42 Å². The average Bonchev–Trinajstić information content (AvgIpc) is 3.49. The summed E-state index contributed by atoms with van der Waals surface area (Å²) in [4.78, 5) is 0.335. The largest absolute Gasteiger partial charge is 0.348 e. The maximum Gasteiger partial charge on any atom is 0.208 e. The van der Waals surface area contributed by atoms with E-state index in [1.807, 2.05) is 42.5 Å². The highest BCUT2D eigenvalue weighted by atomic mass is 32.2. The number of rotatable bonds is 8. The fraction of sp³-hybridized carbons (Fsp3) is 0.250. The third-order valence-electron chi connectivity index (χ3n) is 5.43. The first-order chi connectivity index (χ1) is 13.6. The number of benzene rings is 3. The number of epoxide rings is 1. The fourth-order valence-electron chi connectivity index (χ4n) is 3.74. The summed E-state index contributed by atoms with van der Waals surface area (Å²) in [5.74, 6) is 0. The van der Waals surface area contributed by atoms with Crippen LogP contribution in [-0.4, -0.2) is 19.5 Å². The lowest BCUT2D eigenvalue weighted by Gasteiger charge is -2.14. The molecule has 0 radical (unpaired) electrons. The second kappa shape index (κ2) is 7.90. The van der Waals surface area contributed by atoms with Crippen molar-refractivity contribution < 1.29 is 13.2 Å². The van der Waals surface area contributed by atoms with Crippen LogP contribution in [0, 0.1) is 0 Å². The van der Waals surface area contributed by atoms with Gasteiger partial charge in [0.05, 0.1) is 4.90 Å². The summed E-state index contributed by atoms with van der Waals surface area (Å²) in [7, 11) is -3.50. The van der Waals surface area contributed by atoms with E-state index in [0.29, 0.717) is 17.7 Å². The topological polar surface area (TPSA) is 46.7 Å². The molecule has 4 heteroatoms. The molecule has 0 spiro atoms. The number of ether oxygens (including phenoxy) is 1. The third-order valence-corrected chi connectivity index (χ3v) is 7.45. The van der Waals surface area contributed by atoms with Crippen molar-refractivity contribution >= 4 is 9.84 Å². The lowest BCUT2D eigenvalue weighted by molar-refractivity contribution is 0.271. The second-order valence-corrected chi connectivity index (χ2v) is 9.33. The van der Waals surface area contributed by atoms with Gasteiger partial charge in [-0.05, 0) is 48.9 Å². The molecule has 0 saturated carbocycles. The molecule has 0 aliphatic carbocycles. The zero-order valence-corrected chi connectivity index (χ0v) is 16.5. The third kappa shape index (κ3) is 4.03. The molecular formula is C24H24O3S. The Morgan fingerprint density at radius 1 is 0.679 bits per heavy atom. The van der Waals surface area contributed by atoms with Crippen LogP contribution in [0.2, 0.25) is 0 Å². The van der Waals surface area contributed by atoms with Crippen LogP contribution in [-0.2, 0) is 27.4 Å². The van der Waals surface area contributed by atoms with Gasteiger partial charge in [-0.3, -0.25) is 0 Å². The summed E-state index contributed by atoms with van der Waals surface area (Å²) in [6, 6.07) is 29.0. The van der Waals surface area contributed by atoms with Crippen LogP contribution in [0.1, 0.15) is 24.0 Å². The van der Waals surface area contributed by atoms with Gasteiger partial charge < -0.3 is 4.74 Å². The maximum atomic E-state index is 13.1. The van der Waals surface area contributed by atoms with E-state index in [0.717, 1.165) is 12.8 Å². The molecule has 1 unspecified atom stereocenters. The zero-order valence-electron chi connectivity index (χ0n) is 15.7. The quantitative estimate of drug-likeness (QED) is 0.516.